The molecule has 0 radical (unpaired) electrons. The van der Waals surface area contributed by atoms with Gasteiger partial charge in [-0.05, 0) is 85.3 Å². The number of tetrazole rings is 1. The van der Waals surface area contributed by atoms with Crippen LogP contribution in [0.4, 0.5) is 10.1 Å². The molecule has 2 N–H and O–H groups in total. The average Bonchev–Trinajstić information content (AvgIpc) is 3.61. The number of pyridine rings is 2. The lowest BCUT2D eigenvalue weighted by Crippen LogP contribution is -2.37. The van der Waals surface area contributed by atoms with Crippen molar-refractivity contribution in [3.05, 3.63) is 107 Å². The summed E-state index contributed by atoms with van der Waals surface area (Å²) in [6, 6.07) is 17.1. The van der Waals surface area contributed by atoms with Crippen LogP contribution in [-0.4, -0.2) is 53.3 Å². The topological polar surface area (TPSA) is 125 Å². The molecule has 0 aliphatic heterocycles. The van der Waals surface area contributed by atoms with E-state index in [1.54, 1.807) is 56.2 Å². The van der Waals surface area contributed by atoms with Crippen molar-refractivity contribution in [1.29, 1.82) is 0 Å². The first kappa shape index (κ1) is 28.6. The maximum atomic E-state index is 14.0. The zero-order valence-electron chi connectivity index (χ0n) is 24.6. The van der Waals surface area contributed by atoms with E-state index < -0.39 is 6.04 Å². The second kappa shape index (κ2) is 11.7. The Labute approximate surface area is 252 Å². The van der Waals surface area contributed by atoms with E-state index in [0.717, 1.165) is 38.8 Å². The SMILES string of the molecule is CN[C@@H](C)C(=O)Nc1ccc(-c2cccc(-c3nnn(C)n3)c2)n(Cc2cncc(-n3cc(C)c4cc(F)ccc43)c2)c1=O. The fraction of sp³-hybridized carbons (Fsp3) is 0.188. The molecular weight excluding hydrogens is 561 g/mol. The first-order valence-electron chi connectivity index (χ1n) is 14.0. The molecule has 6 aromatic rings. The summed E-state index contributed by atoms with van der Waals surface area (Å²) in [6.07, 6.45) is 5.36. The minimum atomic E-state index is -0.493. The molecule has 222 valence electrons. The van der Waals surface area contributed by atoms with Crippen molar-refractivity contribution < 1.29 is 9.18 Å². The Balaban J connectivity index is 1.44. The van der Waals surface area contributed by atoms with Gasteiger partial charge in [0.25, 0.3) is 5.56 Å². The van der Waals surface area contributed by atoms with E-state index in [2.05, 4.69) is 31.0 Å². The van der Waals surface area contributed by atoms with E-state index in [-0.39, 0.29) is 29.5 Å². The molecule has 44 heavy (non-hydrogen) atoms. The number of aryl methyl sites for hydroxylation is 2. The highest BCUT2D eigenvalue weighted by Crippen LogP contribution is 2.27. The quantitative estimate of drug-likeness (QED) is 0.273. The second-order valence-corrected chi connectivity index (χ2v) is 10.6. The van der Waals surface area contributed by atoms with Crippen molar-refractivity contribution >= 4 is 22.5 Å². The number of anilines is 1. The van der Waals surface area contributed by atoms with Gasteiger partial charge < -0.3 is 19.8 Å². The molecule has 2 aromatic carbocycles. The molecule has 4 heterocycles. The van der Waals surface area contributed by atoms with Gasteiger partial charge in [-0.2, -0.15) is 4.80 Å². The molecule has 0 aliphatic rings. The molecule has 12 heteroatoms. The molecule has 6 rings (SSSR count). The molecule has 0 saturated heterocycles. The van der Waals surface area contributed by atoms with Crippen LogP contribution in [0.2, 0.25) is 0 Å². The first-order chi connectivity index (χ1) is 21.2. The van der Waals surface area contributed by atoms with Crippen LogP contribution in [0.1, 0.15) is 18.1 Å². The summed E-state index contributed by atoms with van der Waals surface area (Å²) < 4.78 is 17.5. The van der Waals surface area contributed by atoms with Crippen LogP contribution in [0.5, 0.6) is 0 Å². The van der Waals surface area contributed by atoms with Crippen molar-refractivity contribution in [1.82, 2.24) is 39.6 Å². The molecule has 0 aliphatic carbocycles. The summed E-state index contributed by atoms with van der Waals surface area (Å²) in [7, 11) is 3.37. The third-order valence-corrected chi connectivity index (χ3v) is 7.55. The Morgan fingerprint density at radius 1 is 1.05 bits per heavy atom. The third kappa shape index (κ3) is 5.50. The lowest BCUT2D eigenvalue weighted by Gasteiger charge is -2.17. The summed E-state index contributed by atoms with van der Waals surface area (Å²) in [6.45, 7) is 3.81. The van der Waals surface area contributed by atoms with E-state index in [1.165, 1.54) is 16.9 Å². The van der Waals surface area contributed by atoms with Gasteiger partial charge in [-0.15, -0.1) is 10.2 Å². The Morgan fingerprint density at radius 2 is 1.86 bits per heavy atom. The molecular formula is C32H30FN9O2. The highest BCUT2D eigenvalue weighted by molar-refractivity contribution is 5.94. The summed E-state index contributed by atoms with van der Waals surface area (Å²) in [5, 5.41) is 18.8. The number of carbonyl (C=O) groups excluding carboxylic acids is 1. The zero-order valence-corrected chi connectivity index (χ0v) is 24.6. The predicted molar refractivity (Wildman–Crippen MR) is 166 cm³/mol. The number of hydrogen-bond donors (Lipinski definition) is 2. The number of fused-ring (bicyclic) bond motifs is 1. The number of nitrogens with zero attached hydrogens (tertiary/aromatic N) is 7. The molecule has 4 aromatic heterocycles. The van der Waals surface area contributed by atoms with Gasteiger partial charge >= 0.3 is 0 Å². The van der Waals surface area contributed by atoms with E-state index in [0.29, 0.717) is 11.5 Å². The van der Waals surface area contributed by atoms with Crippen molar-refractivity contribution in [2.24, 2.45) is 7.05 Å². The Bertz CT molecular complexity index is 2080. The number of halogens is 1. The van der Waals surface area contributed by atoms with Gasteiger partial charge in [0.1, 0.15) is 11.5 Å². The smallest absolute Gasteiger partial charge is 0.275 e. The lowest BCUT2D eigenvalue weighted by molar-refractivity contribution is -0.117. The lowest BCUT2D eigenvalue weighted by atomic mass is 10.1. The summed E-state index contributed by atoms with van der Waals surface area (Å²) in [5.41, 5.74) is 5.21. The summed E-state index contributed by atoms with van der Waals surface area (Å²) >= 11 is 0. The van der Waals surface area contributed by atoms with Crippen LogP contribution in [0.3, 0.4) is 0 Å². The van der Waals surface area contributed by atoms with Crippen LogP contribution in [-0.2, 0) is 18.4 Å². The zero-order chi connectivity index (χ0) is 31.0. The van der Waals surface area contributed by atoms with Crippen molar-refractivity contribution in [3.63, 3.8) is 0 Å². The highest BCUT2D eigenvalue weighted by Gasteiger charge is 2.18. The van der Waals surface area contributed by atoms with Crippen LogP contribution < -0.4 is 16.2 Å². The largest absolute Gasteiger partial charge is 0.320 e. The van der Waals surface area contributed by atoms with Crippen molar-refractivity contribution in [2.75, 3.05) is 12.4 Å². The monoisotopic (exact) mass is 591 g/mol. The molecule has 0 unspecified atom stereocenters. The van der Waals surface area contributed by atoms with Crippen molar-refractivity contribution in [3.8, 4) is 28.3 Å². The van der Waals surface area contributed by atoms with Crippen LogP contribution >= 0.6 is 0 Å². The summed E-state index contributed by atoms with van der Waals surface area (Å²) in [4.78, 5) is 32.5. The summed E-state index contributed by atoms with van der Waals surface area (Å²) in [5.74, 6) is -0.166. The number of rotatable bonds is 8. The van der Waals surface area contributed by atoms with E-state index in [1.807, 2.05) is 48.0 Å². The molecule has 1 atom stereocenters. The molecule has 0 saturated carbocycles. The third-order valence-electron chi connectivity index (χ3n) is 7.55. The number of hydrogen-bond acceptors (Lipinski definition) is 7. The number of benzene rings is 2. The Hall–Kier alpha value is -5.49. The van der Waals surface area contributed by atoms with Gasteiger partial charge in [0.05, 0.1) is 42.7 Å². The number of likely N-dealkylation sites (N-methyl/N-ethyl adjacent to an activating group) is 1. The van der Waals surface area contributed by atoms with E-state index in [9.17, 15) is 14.0 Å². The predicted octanol–water partition coefficient (Wildman–Crippen LogP) is 4.09. The van der Waals surface area contributed by atoms with Crippen LogP contribution in [0.15, 0.2) is 84.0 Å². The van der Waals surface area contributed by atoms with Gasteiger partial charge in [-0.25, -0.2) is 4.39 Å². The standard InChI is InChI=1S/C32H30FN9O2/c1-19-17-41(29-10-8-24(33)14-26(19)29)25-12-21(15-35-16-25)18-42-28(11-9-27(32(42)44)36-31(43)20(2)34-3)22-6-5-7-23(13-22)30-37-39-40(4)38-30/h5-17,20,34H,18H2,1-4H3,(H,36,43)/t20-/m0/s1. The van der Waals surface area contributed by atoms with Gasteiger partial charge in [0.2, 0.25) is 11.7 Å². The molecule has 0 bridgehead atoms. The van der Waals surface area contributed by atoms with Crippen LogP contribution in [0, 0.1) is 12.7 Å². The van der Waals surface area contributed by atoms with Gasteiger partial charge in [-0.1, -0.05) is 18.2 Å². The molecule has 0 spiro atoms. The van der Waals surface area contributed by atoms with Gasteiger partial charge in [-0.3, -0.25) is 14.6 Å². The number of nitrogens with one attached hydrogen (secondary N) is 2. The number of aromatic nitrogens is 7. The molecule has 0 fully saturated rings. The molecule has 1 amide bonds. The maximum Gasteiger partial charge on any atom is 0.275 e. The maximum absolute atomic E-state index is 14.0. The number of amides is 1. The van der Waals surface area contributed by atoms with E-state index >= 15 is 0 Å². The van der Waals surface area contributed by atoms with Gasteiger partial charge in [0, 0.05) is 23.3 Å². The minimum absolute atomic E-state index is 0.158. The fourth-order valence-corrected chi connectivity index (χ4v) is 5.13. The van der Waals surface area contributed by atoms with Gasteiger partial charge in [0.15, 0.2) is 0 Å². The minimum Gasteiger partial charge on any atom is -0.320 e. The molecule has 11 nitrogen and oxygen atoms in total. The van der Waals surface area contributed by atoms with Crippen LogP contribution in [0.25, 0.3) is 39.2 Å². The highest BCUT2D eigenvalue weighted by atomic mass is 19.1. The Kier molecular flexibility index (Phi) is 7.58. The Morgan fingerprint density at radius 3 is 2.64 bits per heavy atom. The van der Waals surface area contributed by atoms with Crippen molar-refractivity contribution in [2.45, 2.75) is 26.4 Å². The fourth-order valence-electron chi connectivity index (χ4n) is 5.13. The number of carbonyl (C=O) groups is 1. The normalized spacial score (nSPS) is 12.0. The average molecular weight is 592 g/mol. The first-order valence-corrected chi connectivity index (χ1v) is 14.0. The van der Waals surface area contributed by atoms with E-state index in [4.69, 9.17) is 0 Å². The second-order valence-electron chi connectivity index (χ2n) is 10.6.